The van der Waals surface area contributed by atoms with Crippen molar-refractivity contribution in [2.45, 2.75) is 32.7 Å². The molecule has 2 heteroatoms. The van der Waals surface area contributed by atoms with Crippen LogP contribution in [0.3, 0.4) is 0 Å². The van der Waals surface area contributed by atoms with Gasteiger partial charge in [-0.2, -0.15) is 0 Å². The van der Waals surface area contributed by atoms with Gasteiger partial charge in [0, 0.05) is 12.0 Å². The largest absolute Gasteiger partial charge is 0.469 e. The van der Waals surface area contributed by atoms with Gasteiger partial charge in [-0.05, 0) is 23.6 Å². The molecule has 1 aromatic heterocycles. The molecule has 0 aliphatic rings. The van der Waals surface area contributed by atoms with Crippen molar-refractivity contribution in [3.8, 4) is 0 Å². The summed E-state index contributed by atoms with van der Waals surface area (Å²) in [6.07, 6.45) is 3.65. The van der Waals surface area contributed by atoms with Crippen LogP contribution >= 0.6 is 0 Å². The smallest absolute Gasteiger partial charge is 0.108 e. The highest BCUT2D eigenvalue weighted by atomic mass is 16.3. The molecular weight excluding hydrogens is 210 g/mol. The molecule has 0 aliphatic carbocycles. The number of hydrogen-bond donors (Lipinski definition) is 1. The first-order valence-corrected chi connectivity index (χ1v) is 6.17. The molecule has 1 atom stereocenters. The van der Waals surface area contributed by atoms with E-state index in [-0.39, 0.29) is 6.04 Å². The Bertz CT molecular complexity index is 470. The second-order valence-corrected chi connectivity index (χ2v) is 4.23. The molecule has 0 fully saturated rings. The summed E-state index contributed by atoms with van der Waals surface area (Å²) in [5, 5.41) is 0. The van der Waals surface area contributed by atoms with E-state index < -0.39 is 0 Å². The zero-order valence-electron chi connectivity index (χ0n) is 10.4. The number of aryl methyl sites for hydroxylation is 2. The van der Waals surface area contributed by atoms with Crippen molar-refractivity contribution in [1.29, 1.82) is 0 Å². The molecule has 1 aromatic carbocycles. The number of benzene rings is 1. The van der Waals surface area contributed by atoms with Gasteiger partial charge < -0.3 is 10.2 Å². The molecule has 1 heterocycles. The zero-order chi connectivity index (χ0) is 12.3. The highest BCUT2D eigenvalue weighted by Crippen LogP contribution is 2.24. The second-order valence-electron chi connectivity index (χ2n) is 4.23. The summed E-state index contributed by atoms with van der Waals surface area (Å²) in [6, 6.07) is 10.4. The Morgan fingerprint density at radius 1 is 1.06 bits per heavy atom. The Hall–Kier alpha value is -1.54. The molecule has 2 rings (SSSR count). The fourth-order valence-electron chi connectivity index (χ4n) is 2.06. The van der Waals surface area contributed by atoms with Gasteiger partial charge >= 0.3 is 0 Å². The lowest BCUT2D eigenvalue weighted by molar-refractivity contribution is 0.509. The lowest BCUT2D eigenvalue weighted by Gasteiger charge is -2.12. The zero-order valence-corrected chi connectivity index (χ0v) is 10.4. The van der Waals surface area contributed by atoms with Crippen LogP contribution in [-0.2, 0) is 12.8 Å². The molecule has 0 radical (unpaired) electrons. The standard InChI is InChI=1S/C15H19NO/c1-3-11-5-7-12(8-6-11)15(16)13-9-10-17-14(13)4-2/h5-10,15H,3-4,16H2,1-2H3. The van der Waals surface area contributed by atoms with E-state index >= 15 is 0 Å². The summed E-state index contributed by atoms with van der Waals surface area (Å²) in [5.74, 6) is 0.983. The van der Waals surface area contributed by atoms with Crippen LogP contribution in [0.4, 0.5) is 0 Å². The van der Waals surface area contributed by atoms with Crippen molar-refractivity contribution in [1.82, 2.24) is 0 Å². The summed E-state index contributed by atoms with van der Waals surface area (Å²) in [7, 11) is 0. The van der Waals surface area contributed by atoms with Gasteiger partial charge in [0.2, 0.25) is 0 Å². The third-order valence-corrected chi connectivity index (χ3v) is 3.18. The first-order chi connectivity index (χ1) is 8.26. The molecule has 90 valence electrons. The third-order valence-electron chi connectivity index (χ3n) is 3.18. The van der Waals surface area contributed by atoms with E-state index in [1.54, 1.807) is 6.26 Å². The molecule has 0 bridgehead atoms. The highest BCUT2D eigenvalue weighted by molar-refractivity contribution is 5.34. The maximum Gasteiger partial charge on any atom is 0.108 e. The average Bonchev–Trinajstić information content (AvgIpc) is 2.86. The van der Waals surface area contributed by atoms with Crippen LogP contribution in [-0.4, -0.2) is 0 Å². The third kappa shape index (κ3) is 2.42. The molecule has 2 N–H and O–H groups in total. The summed E-state index contributed by atoms with van der Waals surface area (Å²) < 4.78 is 5.42. The maximum atomic E-state index is 6.27. The minimum absolute atomic E-state index is 0.0883. The molecular formula is C15H19NO. The molecule has 0 aliphatic heterocycles. The maximum absolute atomic E-state index is 6.27. The van der Waals surface area contributed by atoms with Crippen LogP contribution < -0.4 is 5.73 Å². The van der Waals surface area contributed by atoms with Gasteiger partial charge in [0.25, 0.3) is 0 Å². The number of rotatable bonds is 4. The van der Waals surface area contributed by atoms with Crippen LogP contribution in [0, 0.1) is 0 Å². The van der Waals surface area contributed by atoms with E-state index in [1.165, 1.54) is 5.56 Å². The normalized spacial score (nSPS) is 12.6. The van der Waals surface area contributed by atoms with Crippen molar-refractivity contribution in [2.75, 3.05) is 0 Å². The average molecular weight is 229 g/mol. The van der Waals surface area contributed by atoms with Gasteiger partial charge in [0.15, 0.2) is 0 Å². The SMILES string of the molecule is CCc1ccc(C(N)c2ccoc2CC)cc1. The van der Waals surface area contributed by atoms with Crippen LogP contribution in [0.5, 0.6) is 0 Å². The molecule has 0 saturated carbocycles. The van der Waals surface area contributed by atoms with E-state index in [0.717, 1.165) is 29.7 Å². The predicted molar refractivity (Wildman–Crippen MR) is 69.9 cm³/mol. The van der Waals surface area contributed by atoms with Crippen LogP contribution in [0.2, 0.25) is 0 Å². The van der Waals surface area contributed by atoms with E-state index in [2.05, 4.69) is 38.1 Å². The molecule has 2 aromatic rings. The second kappa shape index (κ2) is 5.19. The molecule has 0 spiro atoms. The molecule has 2 nitrogen and oxygen atoms in total. The van der Waals surface area contributed by atoms with Gasteiger partial charge in [-0.3, -0.25) is 0 Å². The number of furan rings is 1. The molecule has 0 saturated heterocycles. The topological polar surface area (TPSA) is 39.2 Å². The Morgan fingerprint density at radius 3 is 2.35 bits per heavy atom. The Balaban J connectivity index is 2.27. The Morgan fingerprint density at radius 2 is 1.76 bits per heavy atom. The lowest BCUT2D eigenvalue weighted by atomic mass is 9.98. The minimum atomic E-state index is -0.0883. The first-order valence-electron chi connectivity index (χ1n) is 6.17. The van der Waals surface area contributed by atoms with Gasteiger partial charge in [-0.25, -0.2) is 0 Å². The Labute approximate surface area is 102 Å². The fraction of sp³-hybridized carbons (Fsp3) is 0.333. The minimum Gasteiger partial charge on any atom is -0.469 e. The van der Waals surface area contributed by atoms with Crippen LogP contribution in [0.1, 0.15) is 42.3 Å². The van der Waals surface area contributed by atoms with Crippen molar-refractivity contribution in [3.05, 3.63) is 59.0 Å². The molecule has 0 amide bonds. The summed E-state index contributed by atoms with van der Waals surface area (Å²) in [5.41, 5.74) is 9.84. The van der Waals surface area contributed by atoms with Crippen molar-refractivity contribution >= 4 is 0 Å². The monoisotopic (exact) mass is 229 g/mol. The van der Waals surface area contributed by atoms with Crippen LogP contribution in [0.25, 0.3) is 0 Å². The number of nitrogens with two attached hydrogens (primary N) is 1. The van der Waals surface area contributed by atoms with Crippen LogP contribution in [0.15, 0.2) is 41.0 Å². The molecule has 17 heavy (non-hydrogen) atoms. The Kier molecular flexibility index (Phi) is 3.64. The van der Waals surface area contributed by atoms with Crippen molar-refractivity contribution < 1.29 is 4.42 Å². The first kappa shape index (κ1) is 11.9. The van der Waals surface area contributed by atoms with Gasteiger partial charge in [-0.15, -0.1) is 0 Å². The van der Waals surface area contributed by atoms with E-state index in [0.29, 0.717) is 0 Å². The lowest BCUT2D eigenvalue weighted by Crippen LogP contribution is -2.12. The molecule has 1 unspecified atom stereocenters. The summed E-state index contributed by atoms with van der Waals surface area (Å²) >= 11 is 0. The van der Waals surface area contributed by atoms with E-state index in [9.17, 15) is 0 Å². The van der Waals surface area contributed by atoms with E-state index in [4.69, 9.17) is 10.2 Å². The summed E-state index contributed by atoms with van der Waals surface area (Å²) in [6.45, 7) is 4.23. The predicted octanol–water partition coefficient (Wildman–Crippen LogP) is 3.45. The summed E-state index contributed by atoms with van der Waals surface area (Å²) in [4.78, 5) is 0. The fourth-order valence-corrected chi connectivity index (χ4v) is 2.06. The van der Waals surface area contributed by atoms with Gasteiger partial charge in [0.1, 0.15) is 5.76 Å². The number of hydrogen-bond acceptors (Lipinski definition) is 2. The van der Waals surface area contributed by atoms with E-state index in [1.807, 2.05) is 6.07 Å². The van der Waals surface area contributed by atoms with Crippen molar-refractivity contribution in [3.63, 3.8) is 0 Å². The van der Waals surface area contributed by atoms with Gasteiger partial charge in [0.05, 0.1) is 12.3 Å². The quantitative estimate of drug-likeness (QED) is 0.872. The van der Waals surface area contributed by atoms with Crippen molar-refractivity contribution in [2.24, 2.45) is 5.73 Å². The van der Waals surface area contributed by atoms with Gasteiger partial charge in [-0.1, -0.05) is 38.1 Å². The highest BCUT2D eigenvalue weighted by Gasteiger charge is 2.14.